The molecule has 4 nitrogen and oxygen atoms in total. The molecule has 0 spiro atoms. The normalized spacial score (nSPS) is 15.6. The van der Waals surface area contributed by atoms with E-state index in [4.69, 9.17) is 4.74 Å². The van der Waals surface area contributed by atoms with Gasteiger partial charge < -0.3 is 15.0 Å². The van der Waals surface area contributed by atoms with E-state index in [0.717, 1.165) is 12.3 Å². The lowest BCUT2D eigenvalue weighted by molar-refractivity contribution is -0.137. The Morgan fingerprint density at radius 1 is 1.38 bits per heavy atom. The van der Waals surface area contributed by atoms with E-state index in [1.807, 2.05) is 39.0 Å². The van der Waals surface area contributed by atoms with Crippen molar-refractivity contribution >= 4 is 5.91 Å². The van der Waals surface area contributed by atoms with Crippen molar-refractivity contribution in [1.29, 1.82) is 0 Å². The Morgan fingerprint density at radius 2 is 2.10 bits per heavy atom. The predicted molar refractivity (Wildman–Crippen MR) is 84.3 cm³/mol. The van der Waals surface area contributed by atoms with Crippen molar-refractivity contribution < 1.29 is 9.53 Å². The van der Waals surface area contributed by atoms with Crippen molar-refractivity contribution in [1.82, 2.24) is 10.2 Å². The van der Waals surface area contributed by atoms with E-state index in [9.17, 15) is 4.79 Å². The maximum atomic E-state index is 12.2. The average Bonchev–Trinajstić information content (AvgIpc) is 3.31. The monoisotopic (exact) mass is 290 g/mol. The van der Waals surface area contributed by atoms with Gasteiger partial charge in [0.2, 0.25) is 0 Å². The summed E-state index contributed by atoms with van der Waals surface area (Å²) in [5.74, 6) is 0.805. The Hall–Kier alpha value is -1.55. The van der Waals surface area contributed by atoms with Crippen LogP contribution in [0.2, 0.25) is 0 Å². The topological polar surface area (TPSA) is 41.6 Å². The first-order valence-corrected chi connectivity index (χ1v) is 7.91. The molecular weight excluding hydrogens is 264 g/mol. The Kier molecular flexibility index (Phi) is 5.62. The fourth-order valence-electron chi connectivity index (χ4n) is 2.33. The third-order valence-electron chi connectivity index (χ3n) is 3.81. The average molecular weight is 290 g/mol. The molecule has 0 heterocycles. The fraction of sp³-hybridized carbons (Fsp3) is 0.588. The zero-order valence-electron chi connectivity index (χ0n) is 13.3. The number of rotatable bonds is 8. The van der Waals surface area contributed by atoms with E-state index in [2.05, 4.69) is 11.4 Å². The minimum atomic E-state index is -0.448. The van der Waals surface area contributed by atoms with E-state index in [-0.39, 0.29) is 5.91 Å². The first-order chi connectivity index (χ1) is 10.1. The number of nitrogens with one attached hydrogen (secondary N) is 1. The molecule has 0 aliphatic heterocycles. The molecule has 1 unspecified atom stereocenters. The SMILES string of the molecule is CCN(CC)C(=O)C(C)Oc1cccc(CNC2CC2)c1. The molecule has 1 aliphatic rings. The fourth-order valence-corrected chi connectivity index (χ4v) is 2.33. The van der Waals surface area contributed by atoms with Gasteiger partial charge in [-0.05, 0) is 51.3 Å². The van der Waals surface area contributed by atoms with Crippen molar-refractivity contribution in [3.8, 4) is 5.75 Å². The van der Waals surface area contributed by atoms with Gasteiger partial charge in [0.1, 0.15) is 5.75 Å². The van der Waals surface area contributed by atoms with Crippen LogP contribution in [-0.4, -0.2) is 36.0 Å². The summed E-state index contributed by atoms with van der Waals surface area (Å²) < 4.78 is 5.80. The van der Waals surface area contributed by atoms with Crippen molar-refractivity contribution in [2.24, 2.45) is 0 Å². The highest BCUT2D eigenvalue weighted by molar-refractivity contribution is 5.80. The maximum Gasteiger partial charge on any atom is 0.263 e. The van der Waals surface area contributed by atoms with Gasteiger partial charge >= 0.3 is 0 Å². The minimum absolute atomic E-state index is 0.0431. The molecule has 1 atom stereocenters. The van der Waals surface area contributed by atoms with Gasteiger partial charge in [0.05, 0.1) is 0 Å². The van der Waals surface area contributed by atoms with E-state index < -0.39 is 6.10 Å². The summed E-state index contributed by atoms with van der Waals surface area (Å²) in [6, 6.07) is 8.68. The van der Waals surface area contributed by atoms with Crippen LogP contribution < -0.4 is 10.1 Å². The van der Waals surface area contributed by atoms with Gasteiger partial charge in [-0.1, -0.05) is 12.1 Å². The van der Waals surface area contributed by atoms with Gasteiger partial charge in [-0.3, -0.25) is 4.79 Å². The molecule has 0 radical (unpaired) electrons. The van der Waals surface area contributed by atoms with Crippen LogP contribution in [0.5, 0.6) is 5.75 Å². The molecule has 1 aromatic carbocycles. The number of nitrogens with zero attached hydrogens (tertiary/aromatic N) is 1. The van der Waals surface area contributed by atoms with E-state index in [0.29, 0.717) is 19.1 Å². The Morgan fingerprint density at radius 3 is 2.71 bits per heavy atom. The van der Waals surface area contributed by atoms with Gasteiger partial charge in [-0.15, -0.1) is 0 Å². The quantitative estimate of drug-likeness (QED) is 0.800. The second kappa shape index (κ2) is 7.46. The summed E-state index contributed by atoms with van der Waals surface area (Å²) in [5.41, 5.74) is 1.20. The van der Waals surface area contributed by atoms with Gasteiger partial charge in [0.25, 0.3) is 5.91 Å². The van der Waals surface area contributed by atoms with Crippen LogP contribution >= 0.6 is 0 Å². The highest BCUT2D eigenvalue weighted by Crippen LogP contribution is 2.20. The number of amides is 1. The molecule has 0 aromatic heterocycles. The number of hydrogen-bond donors (Lipinski definition) is 1. The molecular formula is C17H26N2O2. The smallest absolute Gasteiger partial charge is 0.263 e. The zero-order valence-corrected chi connectivity index (χ0v) is 13.3. The van der Waals surface area contributed by atoms with E-state index in [1.165, 1.54) is 18.4 Å². The largest absolute Gasteiger partial charge is 0.481 e. The van der Waals surface area contributed by atoms with Gasteiger partial charge in [-0.25, -0.2) is 0 Å². The molecule has 1 saturated carbocycles. The maximum absolute atomic E-state index is 12.2. The summed E-state index contributed by atoms with van der Waals surface area (Å²) in [7, 11) is 0. The molecule has 1 N–H and O–H groups in total. The van der Waals surface area contributed by atoms with Gasteiger partial charge in [-0.2, -0.15) is 0 Å². The molecule has 4 heteroatoms. The summed E-state index contributed by atoms with van der Waals surface area (Å²) in [6.07, 6.45) is 2.12. The second-order valence-corrected chi connectivity index (χ2v) is 5.57. The first kappa shape index (κ1) is 15.8. The van der Waals surface area contributed by atoms with E-state index in [1.54, 1.807) is 4.90 Å². The summed E-state index contributed by atoms with van der Waals surface area (Å²) in [5, 5.41) is 3.48. The molecule has 1 aromatic rings. The van der Waals surface area contributed by atoms with Crippen LogP contribution in [0.25, 0.3) is 0 Å². The Bertz CT molecular complexity index is 468. The summed E-state index contributed by atoms with van der Waals surface area (Å²) >= 11 is 0. The van der Waals surface area contributed by atoms with Crippen molar-refractivity contribution in [2.45, 2.75) is 52.3 Å². The van der Waals surface area contributed by atoms with Crippen LogP contribution in [0, 0.1) is 0 Å². The van der Waals surface area contributed by atoms with Crippen molar-refractivity contribution in [3.63, 3.8) is 0 Å². The van der Waals surface area contributed by atoms with Crippen LogP contribution in [0.3, 0.4) is 0 Å². The van der Waals surface area contributed by atoms with Gasteiger partial charge in [0, 0.05) is 25.7 Å². The standard InChI is InChI=1S/C17H26N2O2/c1-4-19(5-2)17(20)13(3)21-16-8-6-7-14(11-16)12-18-15-9-10-15/h6-8,11,13,15,18H,4-5,9-10,12H2,1-3H3. The van der Waals surface area contributed by atoms with Crippen molar-refractivity contribution in [3.05, 3.63) is 29.8 Å². The predicted octanol–water partition coefficient (Wildman–Crippen LogP) is 2.57. The van der Waals surface area contributed by atoms with Crippen LogP contribution in [-0.2, 0) is 11.3 Å². The second-order valence-electron chi connectivity index (χ2n) is 5.57. The molecule has 1 aliphatic carbocycles. The molecule has 1 amide bonds. The Labute approximate surface area is 127 Å². The van der Waals surface area contributed by atoms with Crippen LogP contribution in [0.1, 0.15) is 39.2 Å². The number of carbonyl (C=O) groups excluding carboxylic acids is 1. The van der Waals surface area contributed by atoms with E-state index >= 15 is 0 Å². The molecule has 0 saturated heterocycles. The molecule has 0 bridgehead atoms. The molecule has 2 rings (SSSR count). The highest BCUT2D eigenvalue weighted by Gasteiger charge is 2.21. The number of hydrogen-bond acceptors (Lipinski definition) is 3. The van der Waals surface area contributed by atoms with Crippen LogP contribution in [0.4, 0.5) is 0 Å². The third-order valence-corrected chi connectivity index (χ3v) is 3.81. The highest BCUT2D eigenvalue weighted by atomic mass is 16.5. The Balaban J connectivity index is 1.91. The summed E-state index contributed by atoms with van der Waals surface area (Å²) in [4.78, 5) is 14.0. The molecule has 1 fully saturated rings. The van der Waals surface area contributed by atoms with Crippen molar-refractivity contribution in [2.75, 3.05) is 13.1 Å². The summed E-state index contributed by atoms with van der Waals surface area (Å²) in [6.45, 7) is 8.08. The molecule has 116 valence electrons. The number of benzene rings is 1. The number of likely N-dealkylation sites (N-methyl/N-ethyl adjacent to an activating group) is 1. The minimum Gasteiger partial charge on any atom is -0.481 e. The first-order valence-electron chi connectivity index (χ1n) is 7.91. The lowest BCUT2D eigenvalue weighted by Crippen LogP contribution is -2.40. The number of carbonyl (C=O) groups is 1. The zero-order chi connectivity index (χ0) is 15.2. The van der Waals surface area contributed by atoms with Crippen LogP contribution in [0.15, 0.2) is 24.3 Å². The third kappa shape index (κ3) is 4.74. The lowest BCUT2D eigenvalue weighted by Gasteiger charge is -2.23. The number of ether oxygens (including phenoxy) is 1. The molecule has 21 heavy (non-hydrogen) atoms. The lowest BCUT2D eigenvalue weighted by atomic mass is 10.2. The van der Waals surface area contributed by atoms with Gasteiger partial charge in [0.15, 0.2) is 6.10 Å².